The molecule has 3 nitrogen and oxygen atoms in total. The van der Waals surface area contributed by atoms with Crippen LogP contribution in [0.1, 0.15) is 39.2 Å². The minimum Gasteiger partial charge on any atom is -0.255 e. The predicted molar refractivity (Wildman–Crippen MR) is 53.0 cm³/mol. The van der Waals surface area contributed by atoms with Crippen LogP contribution in [0.3, 0.4) is 0 Å². The number of aromatic nitrogens is 2. The van der Waals surface area contributed by atoms with Gasteiger partial charge in [-0.15, -0.1) is 0 Å². The number of hydrogen-bond acceptors (Lipinski definition) is 3. The largest absolute Gasteiger partial charge is 0.325 e. The number of rotatable bonds is 1. The van der Waals surface area contributed by atoms with E-state index in [2.05, 4.69) is 18.9 Å². The van der Waals surface area contributed by atoms with E-state index in [-0.39, 0.29) is 10.3 Å². The predicted octanol–water partition coefficient (Wildman–Crippen LogP) is 2.06. The van der Waals surface area contributed by atoms with E-state index >= 15 is 0 Å². The molecule has 1 aliphatic rings. The number of nitrogens with zero attached hydrogens (tertiary/aromatic N) is 2. The maximum Gasteiger partial charge on any atom is 0.325 e. The zero-order chi connectivity index (χ0) is 9.47. The lowest BCUT2D eigenvalue weighted by Crippen LogP contribution is -2.28. The van der Waals surface area contributed by atoms with E-state index in [0.29, 0.717) is 6.04 Å². The van der Waals surface area contributed by atoms with Crippen LogP contribution in [0.2, 0.25) is 0 Å². The first-order valence-electron chi connectivity index (χ1n) is 4.63. The molecule has 2 rings (SSSR count). The monoisotopic (exact) mass is 198 g/mol. The van der Waals surface area contributed by atoms with Gasteiger partial charge in [0.05, 0.1) is 6.04 Å². The minimum atomic E-state index is 0.0833. The molecule has 1 atom stereocenters. The van der Waals surface area contributed by atoms with Crippen molar-refractivity contribution in [2.75, 3.05) is 0 Å². The molecule has 1 aromatic heterocycles. The average molecular weight is 198 g/mol. The van der Waals surface area contributed by atoms with Crippen molar-refractivity contribution in [2.24, 2.45) is 5.41 Å². The van der Waals surface area contributed by atoms with Crippen LogP contribution in [0, 0.1) is 5.41 Å². The minimum absolute atomic E-state index is 0.0833. The Morgan fingerprint density at radius 1 is 1.69 bits per heavy atom. The van der Waals surface area contributed by atoms with E-state index in [1.165, 1.54) is 24.2 Å². The van der Waals surface area contributed by atoms with Gasteiger partial charge in [-0.05, 0) is 18.3 Å². The fraction of sp³-hybridized carbons (Fsp3) is 0.778. The highest BCUT2D eigenvalue weighted by atomic mass is 32.1. The second kappa shape index (κ2) is 2.94. The Morgan fingerprint density at radius 2 is 2.46 bits per heavy atom. The van der Waals surface area contributed by atoms with Gasteiger partial charge in [0, 0.05) is 0 Å². The first-order valence-corrected chi connectivity index (χ1v) is 5.51. The first-order chi connectivity index (χ1) is 6.11. The highest BCUT2D eigenvalue weighted by Crippen LogP contribution is 2.44. The van der Waals surface area contributed by atoms with Gasteiger partial charge in [0.1, 0.15) is 5.51 Å². The molecule has 1 aliphatic carbocycles. The topological polar surface area (TPSA) is 34.9 Å². The van der Waals surface area contributed by atoms with Crippen LogP contribution in [0.4, 0.5) is 0 Å². The lowest BCUT2D eigenvalue weighted by atomic mass is 9.87. The van der Waals surface area contributed by atoms with E-state index in [1.807, 2.05) is 0 Å². The highest BCUT2D eigenvalue weighted by Gasteiger charge is 2.37. The third-order valence-electron chi connectivity index (χ3n) is 3.01. The first kappa shape index (κ1) is 8.94. The van der Waals surface area contributed by atoms with Gasteiger partial charge in [-0.3, -0.25) is 4.79 Å². The summed E-state index contributed by atoms with van der Waals surface area (Å²) in [5, 5.41) is 4.12. The summed E-state index contributed by atoms with van der Waals surface area (Å²) in [6.45, 7) is 4.44. The Hall–Kier alpha value is -0.640. The molecule has 0 spiro atoms. The Kier molecular flexibility index (Phi) is 2.02. The molecule has 0 bridgehead atoms. The zero-order valence-corrected chi connectivity index (χ0v) is 8.80. The van der Waals surface area contributed by atoms with Crippen LogP contribution in [-0.4, -0.2) is 9.78 Å². The van der Waals surface area contributed by atoms with Gasteiger partial charge < -0.3 is 0 Å². The summed E-state index contributed by atoms with van der Waals surface area (Å²) in [5.41, 5.74) is 1.87. The summed E-state index contributed by atoms with van der Waals surface area (Å²) in [7, 11) is 0. The van der Waals surface area contributed by atoms with E-state index < -0.39 is 0 Å². The summed E-state index contributed by atoms with van der Waals surface area (Å²) < 4.78 is 1.66. The molecule has 13 heavy (non-hydrogen) atoms. The molecule has 0 N–H and O–H groups in total. The van der Waals surface area contributed by atoms with Gasteiger partial charge in [0.2, 0.25) is 0 Å². The Labute approximate surface area is 81.4 Å². The molecule has 0 amide bonds. The highest BCUT2D eigenvalue weighted by molar-refractivity contribution is 7.06. The van der Waals surface area contributed by atoms with E-state index in [4.69, 9.17) is 0 Å². The molecule has 72 valence electrons. The molecule has 1 fully saturated rings. The van der Waals surface area contributed by atoms with Gasteiger partial charge in [-0.1, -0.05) is 31.6 Å². The summed E-state index contributed by atoms with van der Waals surface area (Å²) >= 11 is 1.19. The Bertz CT molecular complexity index is 352. The Balaban J connectivity index is 2.37. The SMILES string of the molecule is CC1(C)CCCC1n1ncsc1=O. The fourth-order valence-corrected chi connectivity index (χ4v) is 2.71. The molecule has 0 radical (unpaired) electrons. The maximum absolute atomic E-state index is 11.4. The second-order valence-corrected chi connectivity index (χ2v) is 5.14. The molecule has 0 saturated heterocycles. The average Bonchev–Trinajstić information content (AvgIpc) is 2.56. The number of hydrogen-bond donors (Lipinski definition) is 0. The summed E-state index contributed by atoms with van der Waals surface area (Å²) in [5.74, 6) is 0. The van der Waals surface area contributed by atoms with Crippen molar-refractivity contribution in [3.05, 3.63) is 15.2 Å². The lowest BCUT2D eigenvalue weighted by Gasteiger charge is -2.25. The van der Waals surface area contributed by atoms with Gasteiger partial charge in [0.15, 0.2) is 0 Å². The van der Waals surface area contributed by atoms with Crippen molar-refractivity contribution in [2.45, 2.75) is 39.2 Å². The van der Waals surface area contributed by atoms with E-state index in [1.54, 1.807) is 10.2 Å². The third kappa shape index (κ3) is 1.43. The molecule has 4 heteroatoms. The van der Waals surface area contributed by atoms with Crippen LogP contribution in [-0.2, 0) is 0 Å². The van der Waals surface area contributed by atoms with Crippen molar-refractivity contribution < 1.29 is 0 Å². The smallest absolute Gasteiger partial charge is 0.255 e. The molecular formula is C9H14N2OS. The molecule has 1 heterocycles. The zero-order valence-electron chi connectivity index (χ0n) is 7.99. The summed E-state index contributed by atoms with van der Waals surface area (Å²) in [6.07, 6.45) is 3.50. The molecule has 1 aromatic rings. The van der Waals surface area contributed by atoms with Gasteiger partial charge in [0.25, 0.3) is 0 Å². The fourth-order valence-electron chi connectivity index (χ4n) is 2.19. The van der Waals surface area contributed by atoms with Crippen molar-refractivity contribution in [1.82, 2.24) is 9.78 Å². The van der Waals surface area contributed by atoms with Crippen LogP contribution in [0.25, 0.3) is 0 Å². The van der Waals surface area contributed by atoms with Gasteiger partial charge in [-0.25, -0.2) is 4.68 Å². The quantitative estimate of drug-likeness (QED) is 0.692. The Morgan fingerprint density at radius 3 is 2.92 bits per heavy atom. The van der Waals surface area contributed by atoms with Crippen molar-refractivity contribution >= 4 is 11.3 Å². The molecule has 1 unspecified atom stereocenters. The maximum atomic E-state index is 11.4. The summed E-state index contributed by atoms with van der Waals surface area (Å²) in [6, 6.07) is 0.311. The van der Waals surface area contributed by atoms with Crippen molar-refractivity contribution in [1.29, 1.82) is 0 Å². The molecular weight excluding hydrogens is 184 g/mol. The van der Waals surface area contributed by atoms with Crippen LogP contribution in [0.5, 0.6) is 0 Å². The third-order valence-corrected chi connectivity index (χ3v) is 3.60. The van der Waals surface area contributed by atoms with Crippen molar-refractivity contribution in [3.63, 3.8) is 0 Å². The molecule has 0 aliphatic heterocycles. The second-order valence-electron chi connectivity index (χ2n) is 4.35. The molecule has 0 aromatic carbocycles. The van der Waals surface area contributed by atoms with E-state index in [0.717, 1.165) is 6.42 Å². The van der Waals surface area contributed by atoms with Gasteiger partial charge in [-0.2, -0.15) is 5.10 Å². The molecule has 1 saturated carbocycles. The van der Waals surface area contributed by atoms with Gasteiger partial charge >= 0.3 is 4.87 Å². The lowest BCUT2D eigenvalue weighted by molar-refractivity contribution is 0.240. The summed E-state index contributed by atoms with van der Waals surface area (Å²) in [4.78, 5) is 11.5. The standard InChI is InChI=1S/C9H14N2OS/c1-9(2)5-3-4-7(9)11-8(12)13-6-10-11/h6-7H,3-5H2,1-2H3. The van der Waals surface area contributed by atoms with Crippen LogP contribution < -0.4 is 4.87 Å². The normalized spacial score (nSPS) is 26.5. The van der Waals surface area contributed by atoms with E-state index in [9.17, 15) is 4.79 Å². The van der Waals surface area contributed by atoms with Crippen LogP contribution in [0.15, 0.2) is 10.3 Å². The van der Waals surface area contributed by atoms with Crippen LogP contribution >= 0.6 is 11.3 Å². The van der Waals surface area contributed by atoms with Crippen molar-refractivity contribution in [3.8, 4) is 0 Å².